The molecule has 0 aromatic carbocycles. The van der Waals surface area contributed by atoms with E-state index in [0.717, 1.165) is 18.4 Å². The predicted molar refractivity (Wildman–Crippen MR) is 66.9 cm³/mol. The van der Waals surface area contributed by atoms with Gasteiger partial charge in [-0.1, -0.05) is 27.2 Å². The minimum atomic E-state index is 0.272. The highest BCUT2D eigenvalue weighted by molar-refractivity contribution is 4.98. The standard InChI is InChI=1S/C13H28N2/c1-5-8-15(4)13(10-14)9-11(2)6-7-12(13)3/h11-12H,5-10,14H2,1-4H3. The fourth-order valence-electron chi connectivity index (χ4n) is 3.24. The Labute approximate surface area is 95.2 Å². The molecule has 3 unspecified atom stereocenters. The van der Waals surface area contributed by atoms with Crippen LogP contribution in [-0.4, -0.2) is 30.6 Å². The average molecular weight is 212 g/mol. The summed E-state index contributed by atoms with van der Waals surface area (Å²) in [4.78, 5) is 2.52. The minimum Gasteiger partial charge on any atom is -0.329 e. The molecule has 2 heteroatoms. The Morgan fingerprint density at radius 3 is 2.53 bits per heavy atom. The summed E-state index contributed by atoms with van der Waals surface area (Å²) in [5.74, 6) is 1.58. The van der Waals surface area contributed by atoms with Crippen molar-refractivity contribution in [3.8, 4) is 0 Å². The predicted octanol–water partition coefficient (Wildman–Crippen LogP) is 2.48. The second kappa shape index (κ2) is 5.31. The van der Waals surface area contributed by atoms with E-state index < -0.39 is 0 Å². The lowest BCUT2D eigenvalue weighted by Gasteiger charge is -2.50. The van der Waals surface area contributed by atoms with Crippen molar-refractivity contribution < 1.29 is 0 Å². The molecule has 1 rings (SSSR count). The van der Waals surface area contributed by atoms with Gasteiger partial charge in [-0.15, -0.1) is 0 Å². The first-order valence-corrected chi connectivity index (χ1v) is 6.48. The summed E-state index contributed by atoms with van der Waals surface area (Å²) in [7, 11) is 2.25. The van der Waals surface area contributed by atoms with E-state index in [1.807, 2.05) is 0 Å². The van der Waals surface area contributed by atoms with Gasteiger partial charge < -0.3 is 5.73 Å². The normalized spacial score (nSPS) is 37.2. The van der Waals surface area contributed by atoms with Crippen molar-refractivity contribution in [2.75, 3.05) is 20.1 Å². The van der Waals surface area contributed by atoms with Gasteiger partial charge in [-0.2, -0.15) is 0 Å². The SMILES string of the molecule is CCCN(C)C1(CN)CC(C)CCC1C. The van der Waals surface area contributed by atoms with Crippen LogP contribution < -0.4 is 5.73 Å². The summed E-state index contributed by atoms with van der Waals surface area (Å²) >= 11 is 0. The van der Waals surface area contributed by atoms with E-state index in [1.165, 1.54) is 32.2 Å². The lowest BCUT2D eigenvalue weighted by molar-refractivity contribution is 0.0146. The molecule has 2 N–H and O–H groups in total. The van der Waals surface area contributed by atoms with E-state index in [-0.39, 0.29) is 5.54 Å². The minimum absolute atomic E-state index is 0.272. The number of hydrogen-bond donors (Lipinski definition) is 1. The van der Waals surface area contributed by atoms with Gasteiger partial charge in [0.15, 0.2) is 0 Å². The van der Waals surface area contributed by atoms with Crippen LogP contribution >= 0.6 is 0 Å². The second-order valence-electron chi connectivity index (χ2n) is 5.52. The molecule has 0 aliphatic heterocycles. The fraction of sp³-hybridized carbons (Fsp3) is 1.00. The zero-order valence-corrected chi connectivity index (χ0v) is 10.9. The van der Waals surface area contributed by atoms with Crippen LogP contribution in [0.25, 0.3) is 0 Å². The van der Waals surface area contributed by atoms with Crippen LogP contribution in [0.5, 0.6) is 0 Å². The smallest absolute Gasteiger partial charge is 0.0356 e. The largest absolute Gasteiger partial charge is 0.329 e. The van der Waals surface area contributed by atoms with Gasteiger partial charge in [0.1, 0.15) is 0 Å². The molecular formula is C13H28N2. The summed E-state index contributed by atoms with van der Waals surface area (Å²) in [6.45, 7) is 8.99. The van der Waals surface area contributed by atoms with E-state index >= 15 is 0 Å². The van der Waals surface area contributed by atoms with Gasteiger partial charge >= 0.3 is 0 Å². The highest BCUT2D eigenvalue weighted by Gasteiger charge is 2.42. The molecule has 0 aromatic heterocycles. The quantitative estimate of drug-likeness (QED) is 0.776. The summed E-state index contributed by atoms with van der Waals surface area (Å²) in [5.41, 5.74) is 6.35. The molecule has 0 spiro atoms. The second-order valence-corrected chi connectivity index (χ2v) is 5.52. The Kier molecular flexibility index (Phi) is 4.60. The van der Waals surface area contributed by atoms with Crippen LogP contribution in [-0.2, 0) is 0 Å². The third kappa shape index (κ3) is 2.54. The zero-order valence-electron chi connectivity index (χ0n) is 10.9. The van der Waals surface area contributed by atoms with Gasteiger partial charge in [0.05, 0.1) is 0 Å². The van der Waals surface area contributed by atoms with E-state index in [0.29, 0.717) is 0 Å². The Bertz CT molecular complexity index is 193. The Morgan fingerprint density at radius 1 is 1.33 bits per heavy atom. The van der Waals surface area contributed by atoms with Crippen molar-refractivity contribution in [1.29, 1.82) is 0 Å². The van der Waals surface area contributed by atoms with Gasteiger partial charge in [-0.05, 0) is 44.7 Å². The summed E-state index contributed by atoms with van der Waals surface area (Å²) in [6, 6.07) is 0. The molecule has 0 radical (unpaired) electrons. The average Bonchev–Trinajstić information content (AvgIpc) is 2.22. The molecule has 3 atom stereocenters. The highest BCUT2D eigenvalue weighted by atomic mass is 15.2. The monoisotopic (exact) mass is 212 g/mol. The van der Waals surface area contributed by atoms with Crippen molar-refractivity contribution >= 4 is 0 Å². The van der Waals surface area contributed by atoms with Gasteiger partial charge in [0.25, 0.3) is 0 Å². The van der Waals surface area contributed by atoms with Crippen LogP contribution in [0.1, 0.15) is 46.5 Å². The maximum Gasteiger partial charge on any atom is 0.0356 e. The number of nitrogens with two attached hydrogens (primary N) is 1. The van der Waals surface area contributed by atoms with Crippen LogP contribution in [0.2, 0.25) is 0 Å². The van der Waals surface area contributed by atoms with Crippen LogP contribution in [0, 0.1) is 11.8 Å². The van der Waals surface area contributed by atoms with Gasteiger partial charge in [0, 0.05) is 12.1 Å². The molecule has 1 fully saturated rings. The highest BCUT2D eigenvalue weighted by Crippen LogP contribution is 2.39. The van der Waals surface area contributed by atoms with Gasteiger partial charge in [0.2, 0.25) is 0 Å². The molecular weight excluding hydrogens is 184 g/mol. The molecule has 0 bridgehead atoms. The molecule has 1 saturated carbocycles. The van der Waals surface area contributed by atoms with Crippen LogP contribution in [0.3, 0.4) is 0 Å². The molecule has 1 aliphatic carbocycles. The summed E-state index contributed by atoms with van der Waals surface area (Å²) in [5, 5.41) is 0. The van der Waals surface area contributed by atoms with Gasteiger partial charge in [-0.3, -0.25) is 4.90 Å². The van der Waals surface area contributed by atoms with Crippen molar-refractivity contribution in [3.05, 3.63) is 0 Å². The molecule has 2 nitrogen and oxygen atoms in total. The van der Waals surface area contributed by atoms with E-state index in [2.05, 4.69) is 32.7 Å². The summed E-state index contributed by atoms with van der Waals surface area (Å²) in [6.07, 6.45) is 5.22. The lowest BCUT2D eigenvalue weighted by atomic mass is 9.69. The first-order valence-electron chi connectivity index (χ1n) is 6.48. The molecule has 0 aromatic rings. The Morgan fingerprint density at radius 2 is 2.00 bits per heavy atom. The van der Waals surface area contributed by atoms with Crippen molar-refractivity contribution in [3.63, 3.8) is 0 Å². The van der Waals surface area contributed by atoms with E-state index in [9.17, 15) is 0 Å². The molecule has 0 saturated heterocycles. The zero-order chi connectivity index (χ0) is 11.5. The molecule has 90 valence electrons. The number of hydrogen-bond acceptors (Lipinski definition) is 2. The third-order valence-corrected chi connectivity index (χ3v) is 4.38. The molecule has 0 heterocycles. The maximum absolute atomic E-state index is 6.08. The first-order chi connectivity index (χ1) is 7.06. The molecule has 0 amide bonds. The Balaban J connectivity index is 2.79. The summed E-state index contributed by atoms with van der Waals surface area (Å²) < 4.78 is 0. The van der Waals surface area contributed by atoms with E-state index in [1.54, 1.807) is 0 Å². The van der Waals surface area contributed by atoms with Crippen LogP contribution in [0.4, 0.5) is 0 Å². The molecule has 1 aliphatic rings. The lowest BCUT2D eigenvalue weighted by Crippen LogP contribution is -2.59. The van der Waals surface area contributed by atoms with Crippen molar-refractivity contribution in [1.82, 2.24) is 4.90 Å². The van der Waals surface area contributed by atoms with Crippen LogP contribution in [0.15, 0.2) is 0 Å². The maximum atomic E-state index is 6.08. The van der Waals surface area contributed by atoms with Gasteiger partial charge in [-0.25, -0.2) is 0 Å². The molecule has 15 heavy (non-hydrogen) atoms. The number of nitrogens with zero attached hydrogens (tertiary/aromatic N) is 1. The fourth-order valence-corrected chi connectivity index (χ4v) is 3.24. The topological polar surface area (TPSA) is 29.3 Å². The van der Waals surface area contributed by atoms with Crippen molar-refractivity contribution in [2.24, 2.45) is 17.6 Å². The number of rotatable bonds is 4. The van der Waals surface area contributed by atoms with E-state index in [4.69, 9.17) is 5.73 Å². The van der Waals surface area contributed by atoms with Crippen molar-refractivity contribution in [2.45, 2.75) is 52.0 Å². The first kappa shape index (κ1) is 13.0. The third-order valence-electron chi connectivity index (χ3n) is 4.38. The number of likely N-dealkylation sites (N-methyl/N-ethyl adjacent to an activating group) is 1. The Hall–Kier alpha value is -0.0800.